The van der Waals surface area contributed by atoms with Gasteiger partial charge in [0.2, 0.25) is 10.0 Å². The van der Waals surface area contributed by atoms with Crippen molar-refractivity contribution in [3.63, 3.8) is 0 Å². The van der Waals surface area contributed by atoms with Crippen molar-refractivity contribution in [2.45, 2.75) is 11.4 Å². The molecule has 0 aliphatic carbocycles. The van der Waals surface area contributed by atoms with Crippen LogP contribution in [-0.2, 0) is 16.6 Å². The molecule has 3 aromatic carbocycles. The number of methoxy groups -OCH3 is 1. The minimum absolute atomic E-state index is 0.115. The van der Waals surface area contributed by atoms with Gasteiger partial charge < -0.3 is 4.74 Å². The number of nitriles is 1. The van der Waals surface area contributed by atoms with E-state index in [2.05, 4.69) is 0 Å². The van der Waals surface area contributed by atoms with E-state index in [4.69, 9.17) is 10.00 Å². The van der Waals surface area contributed by atoms with Crippen LogP contribution in [0.5, 0.6) is 5.75 Å². The van der Waals surface area contributed by atoms with E-state index in [9.17, 15) is 8.42 Å². The lowest BCUT2D eigenvalue weighted by Crippen LogP contribution is -2.26. The van der Waals surface area contributed by atoms with Crippen LogP contribution in [0.1, 0.15) is 11.1 Å². The van der Waals surface area contributed by atoms with Crippen LogP contribution in [0, 0.1) is 11.3 Å². The standard InChI is InChI=1S/C20H18N2O3S/c1-22(26(23,24)20-5-3-4-15(11-20)13-21)14-16-6-7-18-12-19(25-2)9-8-17(18)10-16/h3-12H,14H2,1-2H3. The van der Waals surface area contributed by atoms with Gasteiger partial charge in [-0.15, -0.1) is 0 Å². The third-order valence-corrected chi connectivity index (χ3v) is 5.99. The maximum atomic E-state index is 12.8. The molecular formula is C20H18N2O3S. The molecule has 5 nitrogen and oxygen atoms in total. The Morgan fingerprint density at radius 1 is 1.04 bits per heavy atom. The number of hydrogen-bond acceptors (Lipinski definition) is 4. The van der Waals surface area contributed by atoms with Gasteiger partial charge in [-0.05, 0) is 52.7 Å². The molecule has 0 aromatic heterocycles. The van der Waals surface area contributed by atoms with Gasteiger partial charge in [0.15, 0.2) is 0 Å². The summed E-state index contributed by atoms with van der Waals surface area (Å²) in [5.41, 5.74) is 1.20. The third-order valence-electron chi connectivity index (χ3n) is 4.19. The van der Waals surface area contributed by atoms with Gasteiger partial charge in [-0.3, -0.25) is 0 Å². The summed E-state index contributed by atoms with van der Waals surface area (Å²) in [4.78, 5) is 0.115. The van der Waals surface area contributed by atoms with Crippen LogP contribution in [0.15, 0.2) is 65.6 Å². The van der Waals surface area contributed by atoms with Crippen LogP contribution in [0.3, 0.4) is 0 Å². The Hall–Kier alpha value is -2.88. The summed E-state index contributed by atoms with van der Waals surface area (Å²) in [6.07, 6.45) is 0. The highest BCUT2D eigenvalue weighted by molar-refractivity contribution is 7.89. The molecule has 0 radical (unpaired) electrons. The molecule has 0 heterocycles. The molecule has 0 unspecified atom stereocenters. The van der Waals surface area contributed by atoms with E-state index in [1.165, 1.54) is 23.5 Å². The Kier molecular flexibility index (Phi) is 4.94. The summed E-state index contributed by atoms with van der Waals surface area (Å²) in [7, 11) is -0.515. The first-order valence-electron chi connectivity index (χ1n) is 7.97. The first-order valence-corrected chi connectivity index (χ1v) is 9.41. The molecule has 3 aromatic rings. The van der Waals surface area contributed by atoms with Gasteiger partial charge in [0.1, 0.15) is 5.75 Å². The Morgan fingerprint density at radius 2 is 1.77 bits per heavy atom. The van der Waals surface area contributed by atoms with Gasteiger partial charge >= 0.3 is 0 Å². The molecule has 0 aliphatic heterocycles. The van der Waals surface area contributed by atoms with Gasteiger partial charge in [-0.25, -0.2) is 8.42 Å². The van der Waals surface area contributed by atoms with Crippen molar-refractivity contribution in [2.24, 2.45) is 0 Å². The lowest BCUT2D eigenvalue weighted by atomic mass is 10.1. The number of hydrogen-bond donors (Lipinski definition) is 0. The van der Waals surface area contributed by atoms with Gasteiger partial charge in [-0.2, -0.15) is 9.57 Å². The lowest BCUT2D eigenvalue weighted by molar-refractivity contribution is 0.415. The Bertz CT molecular complexity index is 1100. The second-order valence-corrected chi connectivity index (χ2v) is 7.99. The van der Waals surface area contributed by atoms with E-state index in [0.29, 0.717) is 5.56 Å². The Morgan fingerprint density at radius 3 is 2.50 bits per heavy atom. The van der Waals surface area contributed by atoms with E-state index in [1.54, 1.807) is 19.2 Å². The molecule has 0 amide bonds. The Balaban J connectivity index is 1.87. The molecule has 0 bridgehead atoms. The molecule has 0 aliphatic rings. The lowest BCUT2D eigenvalue weighted by Gasteiger charge is -2.18. The van der Waals surface area contributed by atoms with Crippen LogP contribution in [0.25, 0.3) is 10.8 Å². The van der Waals surface area contributed by atoms with Gasteiger partial charge in [0.05, 0.1) is 23.6 Å². The molecule has 6 heteroatoms. The minimum Gasteiger partial charge on any atom is -0.497 e. The summed E-state index contributed by atoms with van der Waals surface area (Å²) in [5, 5.41) is 11.0. The van der Waals surface area contributed by atoms with Crippen molar-refractivity contribution in [1.82, 2.24) is 4.31 Å². The zero-order chi connectivity index (χ0) is 18.7. The van der Waals surface area contributed by atoms with Crippen LogP contribution in [0.4, 0.5) is 0 Å². The summed E-state index contributed by atoms with van der Waals surface area (Å²) in [5.74, 6) is 0.780. The largest absolute Gasteiger partial charge is 0.497 e. The smallest absolute Gasteiger partial charge is 0.243 e. The molecule has 0 saturated heterocycles. The molecule has 0 atom stereocenters. The fourth-order valence-electron chi connectivity index (χ4n) is 2.75. The van der Waals surface area contributed by atoms with Crippen molar-refractivity contribution in [2.75, 3.05) is 14.2 Å². The third kappa shape index (κ3) is 3.54. The summed E-state index contributed by atoms with van der Waals surface area (Å²) in [6.45, 7) is 0.237. The number of sulfonamides is 1. The van der Waals surface area contributed by atoms with Crippen molar-refractivity contribution in [3.05, 3.63) is 71.8 Å². The highest BCUT2D eigenvalue weighted by Gasteiger charge is 2.21. The number of benzene rings is 3. The zero-order valence-corrected chi connectivity index (χ0v) is 15.3. The summed E-state index contributed by atoms with van der Waals surface area (Å²) >= 11 is 0. The molecule has 0 saturated carbocycles. The fraction of sp³-hybridized carbons (Fsp3) is 0.150. The van der Waals surface area contributed by atoms with Crippen LogP contribution in [-0.4, -0.2) is 26.9 Å². The SMILES string of the molecule is COc1ccc2cc(CN(C)S(=O)(=O)c3cccc(C#N)c3)ccc2c1. The molecule has 3 rings (SSSR count). The van der Waals surface area contributed by atoms with E-state index in [0.717, 1.165) is 22.1 Å². The predicted molar refractivity (Wildman–Crippen MR) is 100 cm³/mol. The fourth-order valence-corrected chi connectivity index (χ4v) is 3.95. The van der Waals surface area contributed by atoms with E-state index in [1.807, 2.05) is 42.5 Å². The van der Waals surface area contributed by atoms with E-state index >= 15 is 0 Å². The van der Waals surface area contributed by atoms with Crippen molar-refractivity contribution in [1.29, 1.82) is 5.26 Å². The number of rotatable bonds is 5. The van der Waals surface area contributed by atoms with Crippen LogP contribution < -0.4 is 4.74 Å². The second kappa shape index (κ2) is 7.16. The van der Waals surface area contributed by atoms with Gasteiger partial charge in [0.25, 0.3) is 0 Å². The van der Waals surface area contributed by atoms with Crippen LogP contribution in [0.2, 0.25) is 0 Å². The quantitative estimate of drug-likeness (QED) is 0.692. The van der Waals surface area contributed by atoms with Crippen molar-refractivity contribution < 1.29 is 13.2 Å². The average molecular weight is 366 g/mol. The van der Waals surface area contributed by atoms with E-state index < -0.39 is 10.0 Å². The average Bonchev–Trinajstić information content (AvgIpc) is 2.67. The highest BCUT2D eigenvalue weighted by Crippen LogP contribution is 2.23. The van der Waals surface area contributed by atoms with E-state index in [-0.39, 0.29) is 11.4 Å². The topological polar surface area (TPSA) is 70.4 Å². The summed E-state index contributed by atoms with van der Waals surface area (Å²) < 4.78 is 32.0. The molecule has 132 valence electrons. The Labute approximate surface area is 153 Å². The molecule has 26 heavy (non-hydrogen) atoms. The minimum atomic E-state index is -3.67. The maximum absolute atomic E-state index is 12.8. The first-order chi connectivity index (χ1) is 12.4. The molecule has 0 spiro atoms. The zero-order valence-electron chi connectivity index (χ0n) is 14.5. The van der Waals surface area contributed by atoms with Crippen molar-refractivity contribution in [3.8, 4) is 11.8 Å². The predicted octanol–water partition coefficient (Wildman–Crippen LogP) is 3.54. The second-order valence-electron chi connectivity index (χ2n) is 5.95. The first kappa shape index (κ1) is 17.9. The summed E-state index contributed by atoms with van der Waals surface area (Å²) in [6, 6.07) is 19.6. The number of ether oxygens (including phenoxy) is 1. The molecule has 0 N–H and O–H groups in total. The van der Waals surface area contributed by atoms with Gasteiger partial charge in [0, 0.05) is 13.6 Å². The highest BCUT2D eigenvalue weighted by atomic mass is 32.2. The molecular weight excluding hydrogens is 348 g/mol. The van der Waals surface area contributed by atoms with Crippen LogP contribution >= 0.6 is 0 Å². The number of fused-ring (bicyclic) bond motifs is 1. The monoisotopic (exact) mass is 366 g/mol. The number of nitrogens with zero attached hydrogens (tertiary/aromatic N) is 2. The van der Waals surface area contributed by atoms with Crippen molar-refractivity contribution >= 4 is 20.8 Å². The molecule has 0 fully saturated rings. The maximum Gasteiger partial charge on any atom is 0.243 e. The van der Waals surface area contributed by atoms with Gasteiger partial charge in [-0.1, -0.05) is 24.3 Å². The normalized spacial score (nSPS) is 11.5.